The van der Waals surface area contributed by atoms with Crippen LogP contribution in [0.25, 0.3) is 0 Å². The molecule has 1 aliphatic rings. The van der Waals surface area contributed by atoms with Crippen LogP contribution in [-0.2, 0) is 0 Å². The SMILES string of the molecule is CCCC(C)C(NCC)C(C)C1CC1. The smallest absolute Gasteiger partial charge is 0.0121 e. The lowest BCUT2D eigenvalue weighted by molar-refractivity contribution is 0.253. The second kappa shape index (κ2) is 5.75. The third-order valence-electron chi connectivity index (χ3n) is 3.73. The normalized spacial score (nSPS) is 23.1. The summed E-state index contributed by atoms with van der Waals surface area (Å²) in [5.74, 6) is 2.76. The molecule has 0 heterocycles. The van der Waals surface area contributed by atoms with Crippen molar-refractivity contribution < 1.29 is 0 Å². The quantitative estimate of drug-likeness (QED) is 0.659. The van der Waals surface area contributed by atoms with Crippen LogP contribution in [0.2, 0.25) is 0 Å². The van der Waals surface area contributed by atoms with Crippen molar-refractivity contribution in [2.75, 3.05) is 6.54 Å². The van der Waals surface area contributed by atoms with Crippen LogP contribution in [0, 0.1) is 17.8 Å². The van der Waals surface area contributed by atoms with Crippen LogP contribution in [0.5, 0.6) is 0 Å². The van der Waals surface area contributed by atoms with Gasteiger partial charge in [-0.25, -0.2) is 0 Å². The van der Waals surface area contributed by atoms with Gasteiger partial charge in [-0.15, -0.1) is 0 Å². The summed E-state index contributed by atoms with van der Waals surface area (Å²) >= 11 is 0. The van der Waals surface area contributed by atoms with Crippen molar-refractivity contribution in [3.8, 4) is 0 Å². The molecule has 0 spiro atoms. The summed E-state index contributed by atoms with van der Waals surface area (Å²) in [6.07, 6.45) is 5.64. The van der Waals surface area contributed by atoms with E-state index in [0.29, 0.717) is 0 Å². The first kappa shape index (κ1) is 12.0. The molecule has 0 saturated heterocycles. The minimum absolute atomic E-state index is 0.757. The highest BCUT2D eigenvalue weighted by Crippen LogP contribution is 2.40. The van der Waals surface area contributed by atoms with Crippen LogP contribution in [-0.4, -0.2) is 12.6 Å². The molecule has 0 bridgehead atoms. The molecule has 0 amide bonds. The van der Waals surface area contributed by atoms with Gasteiger partial charge in [-0.3, -0.25) is 0 Å². The summed E-state index contributed by atoms with van der Waals surface area (Å²) < 4.78 is 0. The van der Waals surface area contributed by atoms with E-state index in [2.05, 4.69) is 33.0 Å². The monoisotopic (exact) mass is 197 g/mol. The van der Waals surface area contributed by atoms with E-state index in [1.54, 1.807) is 0 Å². The molecule has 0 aromatic heterocycles. The van der Waals surface area contributed by atoms with Crippen LogP contribution in [0.4, 0.5) is 0 Å². The third-order valence-corrected chi connectivity index (χ3v) is 3.73. The van der Waals surface area contributed by atoms with Crippen LogP contribution in [0.1, 0.15) is 53.4 Å². The molecule has 0 aromatic carbocycles. The summed E-state index contributed by atoms with van der Waals surface area (Å²) in [5.41, 5.74) is 0. The summed E-state index contributed by atoms with van der Waals surface area (Å²) in [6.45, 7) is 10.5. The number of hydrogen-bond acceptors (Lipinski definition) is 1. The van der Waals surface area contributed by atoms with Crippen molar-refractivity contribution in [1.82, 2.24) is 5.32 Å². The molecule has 14 heavy (non-hydrogen) atoms. The lowest BCUT2D eigenvalue weighted by atomic mass is 9.85. The Bertz CT molecular complexity index is 151. The Morgan fingerprint density at radius 3 is 2.29 bits per heavy atom. The van der Waals surface area contributed by atoms with E-state index in [4.69, 9.17) is 0 Å². The van der Waals surface area contributed by atoms with E-state index in [1.165, 1.54) is 25.7 Å². The van der Waals surface area contributed by atoms with Gasteiger partial charge < -0.3 is 5.32 Å². The molecule has 1 nitrogen and oxygen atoms in total. The number of rotatable bonds is 7. The van der Waals surface area contributed by atoms with E-state index in [0.717, 1.165) is 30.3 Å². The summed E-state index contributed by atoms with van der Waals surface area (Å²) in [7, 11) is 0. The fourth-order valence-corrected chi connectivity index (χ4v) is 2.69. The Hall–Kier alpha value is -0.0400. The Kier molecular flexibility index (Phi) is 4.94. The highest BCUT2D eigenvalue weighted by molar-refractivity contribution is 4.88. The molecule has 1 heteroatoms. The van der Waals surface area contributed by atoms with E-state index < -0.39 is 0 Å². The van der Waals surface area contributed by atoms with Crippen molar-refractivity contribution in [1.29, 1.82) is 0 Å². The molecule has 1 aliphatic carbocycles. The van der Waals surface area contributed by atoms with E-state index in [-0.39, 0.29) is 0 Å². The molecule has 1 rings (SSSR count). The molecule has 3 unspecified atom stereocenters. The minimum Gasteiger partial charge on any atom is -0.314 e. The Balaban J connectivity index is 2.43. The Morgan fingerprint density at radius 1 is 1.21 bits per heavy atom. The first-order chi connectivity index (χ1) is 6.70. The average molecular weight is 197 g/mol. The van der Waals surface area contributed by atoms with Gasteiger partial charge in [-0.2, -0.15) is 0 Å². The van der Waals surface area contributed by atoms with E-state index >= 15 is 0 Å². The van der Waals surface area contributed by atoms with Gasteiger partial charge in [0.25, 0.3) is 0 Å². The van der Waals surface area contributed by atoms with Gasteiger partial charge >= 0.3 is 0 Å². The van der Waals surface area contributed by atoms with Gasteiger partial charge in [0.15, 0.2) is 0 Å². The van der Waals surface area contributed by atoms with Gasteiger partial charge in [0, 0.05) is 6.04 Å². The van der Waals surface area contributed by atoms with Crippen molar-refractivity contribution >= 4 is 0 Å². The molecule has 0 aliphatic heterocycles. The van der Waals surface area contributed by atoms with Gasteiger partial charge in [0.1, 0.15) is 0 Å². The molecule has 1 fully saturated rings. The van der Waals surface area contributed by atoms with Crippen molar-refractivity contribution in [2.24, 2.45) is 17.8 Å². The largest absolute Gasteiger partial charge is 0.314 e. The zero-order valence-corrected chi connectivity index (χ0v) is 10.3. The third kappa shape index (κ3) is 3.27. The first-order valence-electron chi connectivity index (χ1n) is 6.44. The van der Waals surface area contributed by atoms with Gasteiger partial charge in [-0.05, 0) is 43.6 Å². The molecule has 84 valence electrons. The molecule has 3 atom stereocenters. The summed E-state index contributed by atoms with van der Waals surface area (Å²) in [5, 5.41) is 3.69. The van der Waals surface area contributed by atoms with Gasteiger partial charge in [0.2, 0.25) is 0 Å². The number of hydrogen-bond donors (Lipinski definition) is 1. The maximum absolute atomic E-state index is 3.69. The predicted octanol–water partition coefficient (Wildman–Crippen LogP) is 3.45. The fourth-order valence-electron chi connectivity index (χ4n) is 2.69. The van der Waals surface area contributed by atoms with Crippen LogP contribution >= 0.6 is 0 Å². The van der Waals surface area contributed by atoms with Crippen molar-refractivity contribution in [3.63, 3.8) is 0 Å². The van der Waals surface area contributed by atoms with Crippen LogP contribution in [0.15, 0.2) is 0 Å². The highest BCUT2D eigenvalue weighted by Gasteiger charge is 2.34. The standard InChI is InChI=1S/C13H27N/c1-5-7-10(3)13(14-6-2)11(4)12-8-9-12/h10-14H,5-9H2,1-4H3. The molecule has 0 aromatic rings. The second-order valence-electron chi connectivity index (χ2n) is 5.05. The average Bonchev–Trinajstić information content (AvgIpc) is 2.96. The van der Waals surface area contributed by atoms with Crippen LogP contribution in [0.3, 0.4) is 0 Å². The van der Waals surface area contributed by atoms with E-state index in [9.17, 15) is 0 Å². The topological polar surface area (TPSA) is 12.0 Å². The first-order valence-corrected chi connectivity index (χ1v) is 6.44. The maximum atomic E-state index is 3.69. The molecule has 0 radical (unpaired) electrons. The Morgan fingerprint density at radius 2 is 1.86 bits per heavy atom. The summed E-state index contributed by atoms with van der Waals surface area (Å²) in [6, 6.07) is 0.757. The molecular formula is C13H27N. The lowest BCUT2D eigenvalue weighted by Gasteiger charge is -2.30. The molecular weight excluding hydrogens is 170 g/mol. The minimum atomic E-state index is 0.757. The van der Waals surface area contributed by atoms with Gasteiger partial charge in [0.05, 0.1) is 0 Å². The number of nitrogens with one attached hydrogen (secondary N) is 1. The zero-order valence-electron chi connectivity index (χ0n) is 10.3. The maximum Gasteiger partial charge on any atom is 0.0121 e. The molecule has 1 N–H and O–H groups in total. The lowest BCUT2D eigenvalue weighted by Crippen LogP contribution is -2.41. The zero-order chi connectivity index (χ0) is 10.6. The van der Waals surface area contributed by atoms with Gasteiger partial charge in [-0.1, -0.05) is 34.1 Å². The molecule has 1 saturated carbocycles. The predicted molar refractivity (Wildman–Crippen MR) is 63.4 cm³/mol. The van der Waals surface area contributed by atoms with Crippen molar-refractivity contribution in [3.05, 3.63) is 0 Å². The Labute approximate surface area is 89.7 Å². The summed E-state index contributed by atoms with van der Waals surface area (Å²) in [4.78, 5) is 0. The van der Waals surface area contributed by atoms with Crippen molar-refractivity contribution in [2.45, 2.75) is 59.4 Å². The van der Waals surface area contributed by atoms with Crippen LogP contribution < -0.4 is 5.32 Å². The van der Waals surface area contributed by atoms with E-state index in [1.807, 2.05) is 0 Å². The second-order valence-corrected chi connectivity index (χ2v) is 5.05. The fraction of sp³-hybridized carbons (Fsp3) is 1.00. The highest BCUT2D eigenvalue weighted by atomic mass is 14.9.